The van der Waals surface area contributed by atoms with Gasteiger partial charge in [0, 0.05) is 18.1 Å². The van der Waals surface area contributed by atoms with E-state index in [1.165, 1.54) is 0 Å². The third-order valence-corrected chi connectivity index (χ3v) is 5.49. The zero-order valence-electron chi connectivity index (χ0n) is 17.4. The molecule has 0 unspecified atom stereocenters. The third-order valence-electron chi connectivity index (χ3n) is 4.29. The van der Waals surface area contributed by atoms with E-state index in [1.807, 2.05) is 31.1 Å². The summed E-state index contributed by atoms with van der Waals surface area (Å²) in [5.41, 5.74) is 0.391. The summed E-state index contributed by atoms with van der Waals surface area (Å²) in [5, 5.41) is 0.870. The molecule has 0 aliphatic heterocycles. The van der Waals surface area contributed by atoms with E-state index in [0.29, 0.717) is 11.9 Å². The first-order valence-electron chi connectivity index (χ1n) is 9.29. The van der Waals surface area contributed by atoms with E-state index in [1.54, 1.807) is 46.0 Å². The standard InChI is InChI=1S/C20H30N2O5S/c1-15(2)27-19(23)20(3,4)14-26-28(24,25)22-13-16(11-12-21(5)6)17-9-7-8-10-18(17)22/h7-10,13,15H,11-12,14H2,1-6H3. The monoisotopic (exact) mass is 410 g/mol. The highest BCUT2D eigenvalue weighted by Crippen LogP contribution is 2.26. The van der Waals surface area contributed by atoms with Gasteiger partial charge in [-0.1, -0.05) is 18.2 Å². The lowest BCUT2D eigenvalue weighted by Gasteiger charge is -2.23. The molecule has 2 aromatic rings. The maximum absolute atomic E-state index is 12.9. The zero-order valence-corrected chi connectivity index (χ0v) is 18.2. The Morgan fingerprint density at radius 1 is 1.21 bits per heavy atom. The number of carbonyl (C=O) groups is 1. The van der Waals surface area contributed by atoms with Gasteiger partial charge < -0.3 is 9.64 Å². The first-order chi connectivity index (χ1) is 12.9. The quantitative estimate of drug-likeness (QED) is 0.592. The van der Waals surface area contributed by atoms with Crippen molar-refractivity contribution >= 4 is 27.2 Å². The molecule has 0 fully saturated rings. The second kappa shape index (κ2) is 8.63. The average molecular weight is 411 g/mol. The normalized spacial score (nSPS) is 12.9. The van der Waals surface area contributed by atoms with Gasteiger partial charge in [-0.2, -0.15) is 8.42 Å². The second-order valence-electron chi connectivity index (χ2n) is 8.08. The molecule has 0 spiro atoms. The van der Waals surface area contributed by atoms with Crippen molar-refractivity contribution < 1.29 is 22.1 Å². The van der Waals surface area contributed by atoms with Gasteiger partial charge in [-0.05, 0) is 59.8 Å². The van der Waals surface area contributed by atoms with Crippen LogP contribution in [0.1, 0.15) is 33.3 Å². The van der Waals surface area contributed by atoms with Crippen LogP contribution in [0.4, 0.5) is 0 Å². The smallest absolute Gasteiger partial charge is 0.366 e. The summed E-state index contributed by atoms with van der Waals surface area (Å²) in [5.74, 6) is -0.498. The van der Waals surface area contributed by atoms with E-state index >= 15 is 0 Å². The molecule has 28 heavy (non-hydrogen) atoms. The molecule has 0 aliphatic rings. The fourth-order valence-corrected chi connectivity index (χ4v) is 3.87. The van der Waals surface area contributed by atoms with E-state index in [4.69, 9.17) is 8.92 Å². The lowest BCUT2D eigenvalue weighted by atomic mass is 9.95. The molecule has 7 nitrogen and oxygen atoms in total. The Bertz CT molecular complexity index is 929. The van der Waals surface area contributed by atoms with Crippen molar-refractivity contribution in [1.29, 1.82) is 0 Å². The number of likely N-dealkylation sites (N-methyl/N-ethyl adjacent to an activating group) is 1. The number of para-hydroxylation sites is 1. The van der Waals surface area contributed by atoms with E-state index in [-0.39, 0.29) is 12.7 Å². The zero-order chi connectivity index (χ0) is 21.1. The van der Waals surface area contributed by atoms with Gasteiger partial charge in [0.05, 0.1) is 23.6 Å². The summed E-state index contributed by atoms with van der Waals surface area (Å²) >= 11 is 0. The Morgan fingerprint density at radius 2 is 1.86 bits per heavy atom. The first kappa shape index (κ1) is 22.4. The lowest BCUT2D eigenvalue weighted by Crippen LogP contribution is -2.34. The predicted molar refractivity (Wildman–Crippen MR) is 109 cm³/mol. The number of carbonyl (C=O) groups excluding carboxylic acids is 1. The van der Waals surface area contributed by atoms with E-state index in [9.17, 15) is 13.2 Å². The largest absolute Gasteiger partial charge is 0.462 e. The van der Waals surface area contributed by atoms with Gasteiger partial charge in [-0.3, -0.25) is 8.98 Å². The molecule has 0 atom stereocenters. The minimum atomic E-state index is -4.10. The van der Waals surface area contributed by atoms with Crippen molar-refractivity contribution in [3.63, 3.8) is 0 Å². The van der Waals surface area contributed by atoms with E-state index in [2.05, 4.69) is 0 Å². The van der Waals surface area contributed by atoms with Crippen LogP contribution in [0.25, 0.3) is 10.9 Å². The number of hydrogen-bond acceptors (Lipinski definition) is 6. The summed E-state index contributed by atoms with van der Waals surface area (Å²) in [6, 6.07) is 7.31. The number of ether oxygens (including phenoxy) is 1. The summed E-state index contributed by atoms with van der Waals surface area (Å²) in [6.45, 7) is 7.18. The van der Waals surface area contributed by atoms with Crippen molar-refractivity contribution in [1.82, 2.24) is 8.87 Å². The maximum atomic E-state index is 12.9. The predicted octanol–water partition coefficient (Wildman–Crippen LogP) is 2.83. The van der Waals surface area contributed by atoms with Crippen LogP contribution in [-0.2, 0) is 30.4 Å². The highest BCUT2D eigenvalue weighted by molar-refractivity contribution is 7.85. The van der Waals surface area contributed by atoms with E-state index < -0.39 is 21.7 Å². The minimum Gasteiger partial charge on any atom is -0.462 e. The summed E-state index contributed by atoms with van der Waals surface area (Å²) in [7, 11) is -0.165. The Kier molecular flexibility index (Phi) is 6.90. The number of fused-ring (bicyclic) bond motifs is 1. The van der Waals surface area contributed by atoms with Crippen LogP contribution < -0.4 is 0 Å². The molecule has 156 valence electrons. The number of rotatable bonds is 9. The first-order valence-corrected chi connectivity index (χ1v) is 10.7. The molecule has 1 aromatic heterocycles. The molecule has 0 radical (unpaired) electrons. The SMILES string of the molecule is CC(C)OC(=O)C(C)(C)COS(=O)(=O)n1cc(CCN(C)C)c2ccccc21. The fraction of sp³-hybridized carbons (Fsp3) is 0.550. The molecule has 1 aromatic carbocycles. The molecule has 0 amide bonds. The molecule has 1 heterocycles. The summed E-state index contributed by atoms with van der Waals surface area (Å²) < 4.78 is 37.3. The Balaban J connectivity index is 2.28. The topological polar surface area (TPSA) is 77.8 Å². The number of benzene rings is 1. The van der Waals surface area contributed by atoms with Crippen LogP contribution in [0.5, 0.6) is 0 Å². The van der Waals surface area contributed by atoms with Crippen LogP contribution in [0.3, 0.4) is 0 Å². The molecule has 0 aliphatic carbocycles. The van der Waals surface area contributed by atoms with Gasteiger partial charge in [0.2, 0.25) is 0 Å². The van der Waals surface area contributed by atoms with Gasteiger partial charge in [0.1, 0.15) is 0 Å². The van der Waals surface area contributed by atoms with Gasteiger partial charge >= 0.3 is 16.3 Å². The number of esters is 1. The van der Waals surface area contributed by atoms with Crippen LogP contribution in [0.15, 0.2) is 30.5 Å². The van der Waals surface area contributed by atoms with Gasteiger partial charge in [0.15, 0.2) is 0 Å². The van der Waals surface area contributed by atoms with Crippen molar-refractivity contribution in [3.8, 4) is 0 Å². The van der Waals surface area contributed by atoms with Crippen molar-refractivity contribution in [2.75, 3.05) is 27.2 Å². The molecular weight excluding hydrogens is 380 g/mol. The summed E-state index contributed by atoms with van der Waals surface area (Å²) in [4.78, 5) is 14.2. The third kappa shape index (κ3) is 5.33. The number of hydrogen-bond donors (Lipinski definition) is 0. The minimum absolute atomic E-state index is 0.281. The van der Waals surface area contributed by atoms with Gasteiger partial charge in [0.25, 0.3) is 0 Å². The Hall–Kier alpha value is -1.90. The molecule has 0 saturated heterocycles. The molecule has 0 saturated carbocycles. The second-order valence-corrected chi connectivity index (χ2v) is 9.56. The number of aromatic nitrogens is 1. The van der Waals surface area contributed by atoms with Crippen molar-refractivity contribution in [2.45, 2.75) is 40.2 Å². The van der Waals surface area contributed by atoms with Crippen LogP contribution in [0, 0.1) is 5.41 Å². The van der Waals surface area contributed by atoms with Gasteiger partial charge in [-0.15, -0.1) is 0 Å². The molecular formula is C20H30N2O5S. The van der Waals surface area contributed by atoms with Crippen molar-refractivity contribution in [3.05, 3.63) is 36.0 Å². The lowest BCUT2D eigenvalue weighted by molar-refractivity contribution is -0.159. The average Bonchev–Trinajstić information content (AvgIpc) is 2.97. The molecule has 8 heteroatoms. The Morgan fingerprint density at radius 3 is 2.46 bits per heavy atom. The highest BCUT2D eigenvalue weighted by atomic mass is 32.2. The fourth-order valence-electron chi connectivity index (χ4n) is 2.66. The van der Waals surface area contributed by atoms with Crippen LogP contribution in [-0.4, -0.2) is 56.6 Å². The summed E-state index contributed by atoms with van der Waals surface area (Å²) in [6.07, 6.45) is 2.03. The van der Waals surface area contributed by atoms with Crippen molar-refractivity contribution in [2.24, 2.45) is 5.41 Å². The Labute approximate surface area is 167 Å². The molecule has 0 bridgehead atoms. The van der Waals surface area contributed by atoms with Gasteiger partial charge in [-0.25, -0.2) is 3.97 Å². The number of nitrogens with zero attached hydrogens (tertiary/aromatic N) is 2. The molecule has 0 N–H and O–H groups in total. The molecule has 2 rings (SSSR count). The van der Waals surface area contributed by atoms with E-state index in [0.717, 1.165) is 21.5 Å². The maximum Gasteiger partial charge on any atom is 0.366 e. The van der Waals surface area contributed by atoms with Crippen LogP contribution >= 0.6 is 0 Å². The van der Waals surface area contributed by atoms with Crippen LogP contribution in [0.2, 0.25) is 0 Å². The highest BCUT2D eigenvalue weighted by Gasteiger charge is 2.33.